The molecule has 0 saturated heterocycles. The average molecular weight is 580 g/mol. The Balaban J connectivity index is 1.76. The standard InChI is InChI=1S/C26H22ClF4N5O4/c1-3-19(24(38)13-4-6-15(25(32)39)18(28)8-13)35-11-21(40-2)17(10-23(35)37)16-9-14(27)5-7-20(16)36-12-22(33-34-36)26(29,30)31/h4-11,19,22H,3,12H2,1-2H3,(H2,32,39). The Bertz CT molecular complexity index is 1570. The normalized spacial score (nSPS) is 15.8. The zero-order valence-electron chi connectivity index (χ0n) is 21.1. The van der Waals surface area contributed by atoms with Gasteiger partial charge in [-0.15, -0.1) is 0 Å². The summed E-state index contributed by atoms with van der Waals surface area (Å²) in [6, 6.07) is 5.61. The Morgan fingerprint density at radius 3 is 2.48 bits per heavy atom. The van der Waals surface area contributed by atoms with Crippen LogP contribution in [0.25, 0.3) is 11.1 Å². The highest BCUT2D eigenvalue weighted by atomic mass is 35.5. The van der Waals surface area contributed by atoms with Gasteiger partial charge in [0, 0.05) is 27.8 Å². The fourth-order valence-electron chi connectivity index (χ4n) is 4.34. The third-order valence-electron chi connectivity index (χ3n) is 6.36. The predicted octanol–water partition coefficient (Wildman–Crippen LogP) is 5.37. The van der Waals surface area contributed by atoms with Gasteiger partial charge in [0.15, 0.2) is 11.8 Å². The van der Waals surface area contributed by atoms with Gasteiger partial charge in [-0.3, -0.25) is 14.4 Å². The van der Waals surface area contributed by atoms with Crippen molar-refractivity contribution in [1.29, 1.82) is 0 Å². The van der Waals surface area contributed by atoms with Gasteiger partial charge < -0.3 is 15.0 Å². The van der Waals surface area contributed by atoms with E-state index >= 15 is 0 Å². The van der Waals surface area contributed by atoms with E-state index in [-0.39, 0.29) is 45.1 Å². The summed E-state index contributed by atoms with van der Waals surface area (Å²) in [5.74, 6) is -2.47. The number of aromatic nitrogens is 1. The second-order valence-corrected chi connectivity index (χ2v) is 9.29. The number of hydrogen-bond donors (Lipinski definition) is 1. The number of amides is 1. The number of benzene rings is 2. The summed E-state index contributed by atoms with van der Waals surface area (Å²) in [6.45, 7) is 1.07. The lowest BCUT2D eigenvalue weighted by Crippen LogP contribution is -2.33. The number of methoxy groups -OCH3 is 1. The maximum Gasteiger partial charge on any atom is 0.414 e. The van der Waals surface area contributed by atoms with Crippen molar-refractivity contribution < 1.29 is 31.9 Å². The number of halogens is 5. The third-order valence-corrected chi connectivity index (χ3v) is 6.59. The highest BCUT2D eigenvalue weighted by Crippen LogP contribution is 2.40. The van der Waals surface area contributed by atoms with Crippen molar-refractivity contribution in [3.05, 3.63) is 81.0 Å². The molecule has 2 unspecified atom stereocenters. The third kappa shape index (κ3) is 5.55. The molecule has 210 valence electrons. The minimum absolute atomic E-state index is 0.0833. The molecule has 14 heteroatoms. The number of carbonyl (C=O) groups is 2. The second-order valence-electron chi connectivity index (χ2n) is 8.85. The lowest BCUT2D eigenvalue weighted by molar-refractivity contribution is -0.143. The van der Waals surface area contributed by atoms with Gasteiger partial charge >= 0.3 is 6.18 Å². The smallest absolute Gasteiger partial charge is 0.414 e. The first-order chi connectivity index (χ1) is 18.8. The van der Waals surface area contributed by atoms with E-state index in [4.69, 9.17) is 22.1 Å². The van der Waals surface area contributed by atoms with Gasteiger partial charge in [0.1, 0.15) is 11.6 Å². The Kier molecular flexibility index (Phi) is 7.96. The number of Topliss-reactive ketones (excluding diaryl/α,β-unsaturated/α-hetero) is 1. The molecule has 1 aliphatic rings. The number of ketones is 1. The van der Waals surface area contributed by atoms with Crippen LogP contribution in [0.1, 0.15) is 40.1 Å². The molecule has 2 N–H and O–H groups in total. The molecule has 1 aromatic heterocycles. The molecule has 0 fully saturated rings. The van der Waals surface area contributed by atoms with Crippen LogP contribution in [-0.2, 0) is 0 Å². The van der Waals surface area contributed by atoms with E-state index < -0.39 is 47.9 Å². The molecular formula is C26H22ClF4N5O4. The number of ether oxygens (including phenoxy) is 1. The van der Waals surface area contributed by atoms with Crippen molar-refractivity contribution in [3.63, 3.8) is 0 Å². The number of nitrogens with zero attached hydrogens (tertiary/aromatic N) is 4. The van der Waals surface area contributed by atoms with E-state index in [9.17, 15) is 31.9 Å². The van der Waals surface area contributed by atoms with Gasteiger partial charge in [0.05, 0.1) is 37.1 Å². The zero-order valence-corrected chi connectivity index (χ0v) is 21.8. The fourth-order valence-corrected chi connectivity index (χ4v) is 4.51. The van der Waals surface area contributed by atoms with E-state index in [1.807, 2.05) is 0 Å². The number of hydrogen-bond acceptors (Lipinski definition) is 7. The van der Waals surface area contributed by atoms with Gasteiger partial charge in [-0.1, -0.05) is 29.8 Å². The molecule has 0 radical (unpaired) electrons. The Morgan fingerprint density at radius 1 is 1.18 bits per heavy atom. The number of pyridine rings is 1. The monoisotopic (exact) mass is 579 g/mol. The van der Waals surface area contributed by atoms with Crippen molar-refractivity contribution in [2.75, 3.05) is 18.7 Å². The highest BCUT2D eigenvalue weighted by molar-refractivity contribution is 6.31. The van der Waals surface area contributed by atoms with Crippen LogP contribution in [0.15, 0.2) is 63.8 Å². The summed E-state index contributed by atoms with van der Waals surface area (Å²) in [4.78, 5) is 37.9. The lowest BCUT2D eigenvalue weighted by atomic mass is 9.99. The maximum atomic E-state index is 14.3. The van der Waals surface area contributed by atoms with Crippen molar-refractivity contribution in [1.82, 2.24) is 4.57 Å². The first-order valence-electron chi connectivity index (χ1n) is 11.8. The van der Waals surface area contributed by atoms with Crippen LogP contribution in [0.5, 0.6) is 5.75 Å². The molecule has 0 bridgehead atoms. The predicted molar refractivity (Wildman–Crippen MR) is 138 cm³/mol. The number of alkyl halides is 3. The molecule has 0 aliphatic carbocycles. The Labute approximate surface area is 229 Å². The van der Waals surface area contributed by atoms with Crippen LogP contribution in [0.3, 0.4) is 0 Å². The largest absolute Gasteiger partial charge is 0.495 e. The van der Waals surface area contributed by atoms with E-state index in [1.165, 1.54) is 37.6 Å². The first-order valence-corrected chi connectivity index (χ1v) is 12.2. The van der Waals surface area contributed by atoms with Crippen molar-refractivity contribution in [2.45, 2.75) is 31.6 Å². The van der Waals surface area contributed by atoms with E-state index in [0.717, 1.165) is 27.8 Å². The summed E-state index contributed by atoms with van der Waals surface area (Å²) >= 11 is 6.19. The van der Waals surface area contributed by atoms with Crippen LogP contribution in [0.4, 0.5) is 23.2 Å². The van der Waals surface area contributed by atoms with Gasteiger partial charge in [-0.05, 0) is 36.8 Å². The topological polar surface area (TPSA) is 119 Å². The van der Waals surface area contributed by atoms with Gasteiger partial charge in [-0.25, -0.2) is 9.40 Å². The molecule has 1 amide bonds. The summed E-state index contributed by atoms with van der Waals surface area (Å²) in [5.41, 5.74) is 4.64. The SMILES string of the molecule is CCC(C(=O)c1ccc(C(N)=O)c(F)c1)n1cc(OC)c(-c2cc(Cl)ccc2N2CC(C(F)(F)F)N=N2)cc1=O. The summed E-state index contributed by atoms with van der Waals surface area (Å²) < 4.78 is 60.5. The van der Waals surface area contributed by atoms with Gasteiger partial charge in [-0.2, -0.15) is 18.3 Å². The molecule has 3 aromatic rings. The molecule has 2 atom stereocenters. The van der Waals surface area contributed by atoms with Gasteiger partial charge in [0.25, 0.3) is 11.5 Å². The summed E-state index contributed by atoms with van der Waals surface area (Å²) in [5, 5.41) is 8.25. The molecule has 1 aliphatic heterocycles. The van der Waals surface area contributed by atoms with Crippen molar-refractivity contribution in [2.24, 2.45) is 16.1 Å². The van der Waals surface area contributed by atoms with Crippen LogP contribution in [0, 0.1) is 5.82 Å². The van der Waals surface area contributed by atoms with Crippen LogP contribution >= 0.6 is 11.6 Å². The minimum Gasteiger partial charge on any atom is -0.495 e. The average Bonchev–Trinajstić information content (AvgIpc) is 3.40. The molecule has 40 heavy (non-hydrogen) atoms. The Morgan fingerprint density at radius 2 is 1.90 bits per heavy atom. The minimum atomic E-state index is -4.59. The van der Waals surface area contributed by atoms with Crippen LogP contribution < -0.4 is 21.0 Å². The molecule has 4 rings (SSSR count). The molecule has 2 aromatic carbocycles. The maximum absolute atomic E-state index is 14.3. The number of carbonyl (C=O) groups excluding carboxylic acids is 2. The van der Waals surface area contributed by atoms with E-state index in [0.29, 0.717) is 0 Å². The van der Waals surface area contributed by atoms with E-state index in [1.54, 1.807) is 6.92 Å². The number of anilines is 1. The molecule has 0 saturated carbocycles. The molecule has 0 spiro atoms. The summed E-state index contributed by atoms with van der Waals surface area (Å²) in [6.07, 6.45) is -3.17. The van der Waals surface area contributed by atoms with Crippen molar-refractivity contribution in [3.8, 4) is 16.9 Å². The lowest BCUT2D eigenvalue weighted by Gasteiger charge is -2.22. The highest BCUT2D eigenvalue weighted by Gasteiger charge is 2.44. The number of rotatable bonds is 8. The number of nitrogens with two attached hydrogens (primary N) is 1. The molecule has 2 heterocycles. The summed E-state index contributed by atoms with van der Waals surface area (Å²) in [7, 11) is 1.31. The quantitative estimate of drug-likeness (QED) is 0.284. The van der Waals surface area contributed by atoms with E-state index in [2.05, 4.69) is 10.3 Å². The first kappa shape index (κ1) is 28.7. The number of primary amides is 1. The molecule has 9 nitrogen and oxygen atoms in total. The van der Waals surface area contributed by atoms with Crippen LogP contribution in [-0.4, -0.2) is 42.1 Å². The Hall–Kier alpha value is -4.26. The van der Waals surface area contributed by atoms with Crippen molar-refractivity contribution >= 4 is 29.0 Å². The second kappa shape index (κ2) is 11.1. The molecular weight excluding hydrogens is 558 g/mol. The zero-order chi connectivity index (χ0) is 29.4. The van der Waals surface area contributed by atoms with Gasteiger partial charge in [0.2, 0.25) is 0 Å². The fraction of sp³-hybridized carbons (Fsp3) is 0.269. The van der Waals surface area contributed by atoms with Crippen LogP contribution in [0.2, 0.25) is 5.02 Å².